The summed E-state index contributed by atoms with van der Waals surface area (Å²) in [4.78, 5) is 24.3. The van der Waals surface area contributed by atoms with Gasteiger partial charge in [-0.2, -0.15) is 0 Å². The fourth-order valence-electron chi connectivity index (χ4n) is 3.49. The third kappa shape index (κ3) is 2.11. The van der Waals surface area contributed by atoms with Gasteiger partial charge in [-0.15, -0.1) is 0 Å². The molecule has 1 fully saturated rings. The number of carbonyl (C=O) groups is 2. The third-order valence-electron chi connectivity index (χ3n) is 4.58. The van der Waals surface area contributed by atoms with E-state index < -0.39 is 29.9 Å². The highest BCUT2D eigenvalue weighted by Crippen LogP contribution is 2.54. The fraction of sp³-hybridized carbons (Fsp3) is 0.263. The van der Waals surface area contributed by atoms with Crippen molar-refractivity contribution in [1.82, 2.24) is 0 Å². The predicted octanol–water partition coefficient (Wildman–Crippen LogP) is 2.00. The Morgan fingerprint density at radius 3 is 1.60 bits per heavy atom. The molecule has 4 rings (SSSR count). The molecule has 1 aliphatic heterocycles. The van der Waals surface area contributed by atoms with Crippen LogP contribution in [0.15, 0.2) is 48.5 Å². The summed E-state index contributed by atoms with van der Waals surface area (Å²) < 4.78 is 21.7. The lowest BCUT2D eigenvalue weighted by Gasteiger charge is -2.25. The maximum atomic E-state index is 12.2. The van der Waals surface area contributed by atoms with Crippen molar-refractivity contribution in [3.8, 4) is 11.1 Å². The lowest BCUT2D eigenvalue weighted by atomic mass is 10.0. The van der Waals surface area contributed by atoms with Crippen LogP contribution in [0.3, 0.4) is 0 Å². The van der Waals surface area contributed by atoms with Gasteiger partial charge in [0.05, 0.1) is 14.2 Å². The zero-order valence-electron chi connectivity index (χ0n) is 13.7. The molecule has 0 unspecified atom stereocenters. The van der Waals surface area contributed by atoms with Gasteiger partial charge in [0.15, 0.2) is 12.2 Å². The Labute approximate surface area is 144 Å². The number of ether oxygens (including phenoxy) is 4. The van der Waals surface area contributed by atoms with E-state index in [1.54, 1.807) is 0 Å². The van der Waals surface area contributed by atoms with E-state index in [0.717, 1.165) is 22.3 Å². The normalized spacial score (nSPS) is 22.3. The van der Waals surface area contributed by atoms with Crippen molar-refractivity contribution in [2.75, 3.05) is 14.2 Å². The smallest absolute Gasteiger partial charge is 0.338 e. The van der Waals surface area contributed by atoms with Gasteiger partial charge < -0.3 is 18.9 Å². The molecule has 0 bridgehead atoms. The lowest BCUT2D eigenvalue weighted by Crippen LogP contribution is -2.38. The zero-order chi connectivity index (χ0) is 17.6. The second-order valence-corrected chi connectivity index (χ2v) is 5.83. The van der Waals surface area contributed by atoms with Crippen molar-refractivity contribution >= 4 is 11.9 Å². The van der Waals surface area contributed by atoms with Crippen LogP contribution in [0.1, 0.15) is 11.1 Å². The molecule has 1 saturated heterocycles. The van der Waals surface area contributed by atoms with Crippen LogP contribution in [-0.2, 0) is 34.3 Å². The summed E-state index contributed by atoms with van der Waals surface area (Å²) in [5.74, 6) is -2.71. The van der Waals surface area contributed by atoms with Gasteiger partial charge in [-0.3, -0.25) is 0 Å². The van der Waals surface area contributed by atoms with E-state index in [1.165, 1.54) is 14.2 Å². The van der Waals surface area contributed by atoms with Crippen molar-refractivity contribution < 1.29 is 28.5 Å². The standard InChI is InChI=1S/C19H16O6/c1-22-17(20)15-16(18(21)23-2)25-19(24-15)13-9-5-3-7-11(13)12-8-4-6-10-14(12)19/h3-10,15-16H,1-2H3/t15-,16-/m0/s1. The Kier molecular flexibility index (Phi) is 3.59. The van der Waals surface area contributed by atoms with Gasteiger partial charge in [0.25, 0.3) is 0 Å². The van der Waals surface area contributed by atoms with Crippen LogP contribution in [-0.4, -0.2) is 38.4 Å². The number of hydrogen-bond donors (Lipinski definition) is 0. The first kappa shape index (κ1) is 15.8. The van der Waals surface area contributed by atoms with Crippen molar-refractivity contribution in [3.63, 3.8) is 0 Å². The fourth-order valence-corrected chi connectivity index (χ4v) is 3.49. The molecule has 2 aliphatic rings. The largest absolute Gasteiger partial charge is 0.467 e. The molecule has 25 heavy (non-hydrogen) atoms. The maximum absolute atomic E-state index is 12.2. The van der Waals surface area contributed by atoms with Gasteiger partial charge in [-0.05, 0) is 11.1 Å². The Morgan fingerprint density at radius 1 is 0.800 bits per heavy atom. The topological polar surface area (TPSA) is 71.1 Å². The third-order valence-corrected chi connectivity index (χ3v) is 4.58. The molecule has 6 heteroatoms. The molecule has 2 aromatic rings. The first-order valence-corrected chi connectivity index (χ1v) is 7.83. The number of hydrogen-bond acceptors (Lipinski definition) is 6. The molecule has 0 amide bonds. The highest BCUT2D eigenvalue weighted by Gasteiger charge is 2.59. The predicted molar refractivity (Wildman–Crippen MR) is 86.4 cm³/mol. The van der Waals surface area contributed by atoms with Crippen LogP contribution in [0.5, 0.6) is 0 Å². The number of fused-ring (bicyclic) bond motifs is 5. The minimum absolute atomic E-state index is 0.686. The minimum atomic E-state index is -1.34. The minimum Gasteiger partial charge on any atom is -0.467 e. The van der Waals surface area contributed by atoms with Crippen LogP contribution >= 0.6 is 0 Å². The van der Waals surface area contributed by atoms with Crippen molar-refractivity contribution in [2.24, 2.45) is 0 Å². The van der Waals surface area contributed by atoms with Gasteiger partial charge in [0, 0.05) is 11.1 Å². The number of methoxy groups -OCH3 is 2. The number of esters is 2. The van der Waals surface area contributed by atoms with Crippen molar-refractivity contribution in [1.29, 1.82) is 0 Å². The van der Waals surface area contributed by atoms with Gasteiger partial charge in [-0.25, -0.2) is 9.59 Å². The summed E-state index contributed by atoms with van der Waals surface area (Å²) in [7, 11) is 2.48. The molecule has 0 radical (unpaired) electrons. The maximum Gasteiger partial charge on any atom is 0.338 e. The van der Waals surface area contributed by atoms with Gasteiger partial charge in [0.2, 0.25) is 5.79 Å². The van der Waals surface area contributed by atoms with E-state index in [0.29, 0.717) is 0 Å². The molecule has 6 nitrogen and oxygen atoms in total. The molecule has 0 N–H and O–H groups in total. The van der Waals surface area contributed by atoms with Crippen molar-refractivity contribution in [2.45, 2.75) is 18.0 Å². The second-order valence-electron chi connectivity index (χ2n) is 5.83. The molecular weight excluding hydrogens is 324 g/mol. The second kappa shape index (κ2) is 5.68. The molecule has 1 aliphatic carbocycles. The molecule has 1 heterocycles. The first-order chi connectivity index (χ1) is 12.1. The number of benzene rings is 2. The molecule has 0 saturated carbocycles. The summed E-state index contributed by atoms with van der Waals surface area (Å²) in [5, 5.41) is 0. The van der Waals surface area contributed by atoms with Crippen LogP contribution in [0.25, 0.3) is 11.1 Å². The number of carbonyl (C=O) groups excluding carboxylic acids is 2. The Hall–Kier alpha value is -2.70. The van der Waals surface area contributed by atoms with Gasteiger partial charge in [-0.1, -0.05) is 48.5 Å². The monoisotopic (exact) mass is 340 g/mol. The Balaban J connectivity index is 1.90. The van der Waals surface area contributed by atoms with Crippen LogP contribution in [0.2, 0.25) is 0 Å². The summed E-state index contributed by atoms with van der Waals surface area (Å²) in [6.07, 6.45) is -2.42. The van der Waals surface area contributed by atoms with E-state index in [4.69, 9.17) is 18.9 Å². The summed E-state index contributed by atoms with van der Waals surface area (Å²) in [6.45, 7) is 0. The van der Waals surface area contributed by atoms with E-state index in [-0.39, 0.29) is 0 Å². The highest BCUT2D eigenvalue weighted by atomic mass is 16.8. The average molecular weight is 340 g/mol. The highest BCUT2D eigenvalue weighted by molar-refractivity contribution is 5.87. The quantitative estimate of drug-likeness (QED) is 0.779. The van der Waals surface area contributed by atoms with Crippen LogP contribution in [0, 0.1) is 0 Å². The van der Waals surface area contributed by atoms with E-state index in [9.17, 15) is 9.59 Å². The molecule has 2 aromatic carbocycles. The Bertz CT molecular complexity index is 787. The zero-order valence-corrected chi connectivity index (χ0v) is 13.7. The van der Waals surface area contributed by atoms with E-state index >= 15 is 0 Å². The van der Waals surface area contributed by atoms with Gasteiger partial charge in [0.1, 0.15) is 0 Å². The molecular formula is C19H16O6. The molecule has 0 aromatic heterocycles. The average Bonchev–Trinajstić information content (AvgIpc) is 3.20. The summed E-state index contributed by atoms with van der Waals surface area (Å²) in [5.41, 5.74) is 3.37. The SMILES string of the molecule is COC(=O)[C@H]1OC2(O[C@@H]1C(=O)OC)c1ccccc1-c1ccccc12. The summed E-state index contributed by atoms with van der Waals surface area (Å²) >= 11 is 0. The first-order valence-electron chi connectivity index (χ1n) is 7.83. The number of rotatable bonds is 2. The molecule has 2 atom stereocenters. The Morgan fingerprint density at radius 2 is 1.20 bits per heavy atom. The van der Waals surface area contributed by atoms with E-state index in [1.807, 2.05) is 48.5 Å². The van der Waals surface area contributed by atoms with Crippen molar-refractivity contribution in [3.05, 3.63) is 59.7 Å². The van der Waals surface area contributed by atoms with Crippen LogP contribution in [0.4, 0.5) is 0 Å². The molecule has 1 spiro atoms. The van der Waals surface area contributed by atoms with Gasteiger partial charge >= 0.3 is 11.9 Å². The lowest BCUT2D eigenvalue weighted by molar-refractivity contribution is -0.172. The van der Waals surface area contributed by atoms with Crippen LogP contribution < -0.4 is 0 Å². The summed E-state index contributed by atoms with van der Waals surface area (Å²) in [6, 6.07) is 15.2. The molecule has 128 valence electrons. The van der Waals surface area contributed by atoms with E-state index in [2.05, 4.69) is 0 Å².